The van der Waals surface area contributed by atoms with Crippen LogP contribution in [0.15, 0.2) is 11.6 Å². The normalized spacial score (nSPS) is 47.8. The summed E-state index contributed by atoms with van der Waals surface area (Å²) in [7, 11) is 0. The molecule has 0 heteroatoms. The maximum Gasteiger partial charge on any atom is -0.0149 e. The van der Waals surface area contributed by atoms with E-state index in [-0.39, 0.29) is 0 Å². The molecule has 0 radical (unpaired) electrons. The molecule has 0 aromatic rings. The van der Waals surface area contributed by atoms with Gasteiger partial charge in [-0.15, -0.1) is 0 Å². The van der Waals surface area contributed by atoms with Gasteiger partial charge >= 0.3 is 0 Å². The number of allylic oxidation sites excluding steroid dienone is 2. The third-order valence-corrected chi connectivity index (χ3v) is 3.29. The van der Waals surface area contributed by atoms with Gasteiger partial charge in [0.2, 0.25) is 0 Å². The standard InChI is InChI=1S/C9H14/c1-7-3-5-9(2)6-4-8(7)9/h3,8H,4-6H2,1-2H3/t8-,9+/m0/s1. The van der Waals surface area contributed by atoms with Gasteiger partial charge < -0.3 is 0 Å². The monoisotopic (exact) mass is 122 g/mol. The first kappa shape index (κ1) is 5.52. The molecule has 2 atom stereocenters. The fourth-order valence-electron chi connectivity index (χ4n) is 2.34. The predicted octanol–water partition coefficient (Wildman–Crippen LogP) is 2.75. The molecule has 0 aromatic heterocycles. The molecule has 1 saturated carbocycles. The number of hydrogen-bond acceptors (Lipinski definition) is 0. The Labute approximate surface area is 57.0 Å². The Morgan fingerprint density at radius 1 is 1.67 bits per heavy atom. The first-order chi connectivity index (χ1) is 4.22. The third kappa shape index (κ3) is 0.540. The van der Waals surface area contributed by atoms with Crippen molar-refractivity contribution in [2.75, 3.05) is 0 Å². The highest BCUT2D eigenvalue weighted by Gasteiger charge is 2.45. The van der Waals surface area contributed by atoms with Gasteiger partial charge in [-0.25, -0.2) is 0 Å². The van der Waals surface area contributed by atoms with Crippen molar-refractivity contribution in [3.05, 3.63) is 11.6 Å². The second-order valence-electron chi connectivity index (χ2n) is 3.90. The van der Waals surface area contributed by atoms with Crippen LogP contribution in [0.25, 0.3) is 0 Å². The molecule has 0 N–H and O–H groups in total. The van der Waals surface area contributed by atoms with Crippen LogP contribution in [0.4, 0.5) is 0 Å². The second kappa shape index (κ2) is 1.42. The average molecular weight is 122 g/mol. The fourth-order valence-corrected chi connectivity index (χ4v) is 2.34. The first-order valence-electron chi connectivity index (χ1n) is 3.89. The molecule has 0 unspecified atom stereocenters. The van der Waals surface area contributed by atoms with E-state index in [9.17, 15) is 0 Å². The van der Waals surface area contributed by atoms with Gasteiger partial charge in [0.15, 0.2) is 0 Å². The van der Waals surface area contributed by atoms with Crippen LogP contribution in [-0.4, -0.2) is 0 Å². The summed E-state index contributed by atoms with van der Waals surface area (Å²) < 4.78 is 0. The summed E-state index contributed by atoms with van der Waals surface area (Å²) >= 11 is 0. The SMILES string of the molecule is CC1=CC[C@]2(C)CC[C@@H]12. The van der Waals surface area contributed by atoms with E-state index in [2.05, 4.69) is 19.9 Å². The van der Waals surface area contributed by atoms with Gasteiger partial charge in [-0.3, -0.25) is 0 Å². The third-order valence-electron chi connectivity index (χ3n) is 3.29. The van der Waals surface area contributed by atoms with E-state index in [0.717, 1.165) is 5.92 Å². The Hall–Kier alpha value is -0.260. The van der Waals surface area contributed by atoms with Crippen molar-refractivity contribution in [2.45, 2.75) is 33.1 Å². The van der Waals surface area contributed by atoms with Gasteiger partial charge in [0.25, 0.3) is 0 Å². The molecule has 1 fully saturated rings. The summed E-state index contributed by atoms with van der Waals surface area (Å²) in [6.45, 7) is 4.71. The Kier molecular flexibility index (Phi) is 0.870. The predicted molar refractivity (Wildman–Crippen MR) is 39.2 cm³/mol. The highest BCUT2D eigenvalue weighted by Crippen LogP contribution is 2.56. The Morgan fingerprint density at radius 3 is 2.67 bits per heavy atom. The summed E-state index contributed by atoms with van der Waals surface area (Å²) in [6, 6.07) is 0. The Morgan fingerprint density at radius 2 is 2.44 bits per heavy atom. The molecule has 9 heavy (non-hydrogen) atoms. The highest BCUT2D eigenvalue weighted by atomic mass is 14.5. The molecular formula is C9H14. The molecular weight excluding hydrogens is 108 g/mol. The fraction of sp³-hybridized carbons (Fsp3) is 0.778. The maximum absolute atomic E-state index is 2.43. The molecule has 0 amide bonds. The molecule has 0 aromatic carbocycles. The minimum Gasteiger partial charge on any atom is -0.0847 e. The number of rotatable bonds is 0. The van der Waals surface area contributed by atoms with E-state index in [1.165, 1.54) is 19.3 Å². The van der Waals surface area contributed by atoms with Crippen molar-refractivity contribution in [2.24, 2.45) is 11.3 Å². The zero-order valence-electron chi connectivity index (χ0n) is 6.28. The molecule has 2 aliphatic rings. The molecule has 2 aliphatic carbocycles. The van der Waals surface area contributed by atoms with E-state index in [1.54, 1.807) is 5.57 Å². The van der Waals surface area contributed by atoms with Gasteiger partial charge in [0.1, 0.15) is 0 Å². The molecule has 0 saturated heterocycles. The summed E-state index contributed by atoms with van der Waals surface area (Å²) in [6.07, 6.45) is 6.70. The first-order valence-corrected chi connectivity index (χ1v) is 3.89. The Balaban J connectivity index is 2.24. The molecule has 0 aliphatic heterocycles. The highest BCUT2D eigenvalue weighted by molar-refractivity contribution is 5.21. The van der Waals surface area contributed by atoms with Crippen LogP contribution < -0.4 is 0 Å². The van der Waals surface area contributed by atoms with Crippen LogP contribution in [0.3, 0.4) is 0 Å². The summed E-state index contributed by atoms with van der Waals surface area (Å²) in [5.74, 6) is 0.970. The summed E-state index contributed by atoms with van der Waals surface area (Å²) in [5, 5.41) is 0. The van der Waals surface area contributed by atoms with Crippen molar-refractivity contribution in [3.63, 3.8) is 0 Å². The molecule has 50 valence electrons. The van der Waals surface area contributed by atoms with Gasteiger partial charge in [-0.1, -0.05) is 18.6 Å². The lowest BCUT2D eigenvalue weighted by Crippen LogP contribution is -2.33. The molecule has 0 nitrogen and oxygen atoms in total. The van der Waals surface area contributed by atoms with E-state index in [1.807, 2.05) is 0 Å². The van der Waals surface area contributed by atoms with Crippen LogP contribution >= 0.6 is 0 Å². The van der Waals surface area contributed by atoms with E-state index in [0.29, 0.717) is 5.41 Å². The van der Waals surface area contributed by atoms with Gasteiger partial charge in [-0.2, -0.15) is 0 Å². The molecule has 0 spiro atoms. The summed E-state index contributed by atoms with van der Waals surface area (Å²) in [4.78, 5) is 0. The minimum absolute atomic E-state index is 0.712. The van der Waals surface area contributed by atoms with Crippen LogP contribution in [0.5, 0.6) is 0 Å². The van der Waals surface area contributed by atoms with Gasteiger partial charge in [0, 0.05) is 0 Å². The zero-order chi connectivity index (χ0) is 6.48. The van der Waals surface area contributed by atoms with Gasteiger partial charge in [0.05, 0.1) is 0 Å². The van der Waals surface area contributed by atoms with E-state index in [4.69, 9.17) is 0 Å². The lowest BCUT2D eigenvalue weighted by Gasteiger charge is -2.43. The van der Waals surface area contributed by atoms with Gasteiger partial charge in [-0.05, 0) is 37.5 Å². The smallest absolute Gasteiger partial charge is 0.0149 e. The minimum atomic E-state index is 0.712. The Bertz CT molecular complexity index is 167. The van der Waals surface area contributed by atoms with Crippen molar-refractivity contribution < 1.29 is 0 Å². The van der Waals surface area contributed by atoms with Crippen molar-refractivity contribution in [1.82, 2.24) is 0 Å². The summed E-state index contributed by atoms with van der Waals surface area (Å²) in [5.41, 5.74) is 2.37. The van der Waals surface area contributed by atoms with Crippen LogP contribution in [0.2, 0.25) is 0 Å². The second-order valence-corrected chi connectivity index (χ2v) is 3.90. The van der Waals surface area contributed by atoms with Crippen LogP contribution in [0.1, 0.15) is 33.1 Å². The lowest BCUT2D eigenvalue weighted by molar-refractivity contribution is 0.102. The number of fused-ring (bicyclic) bond motifs is 1. The van der Waals surface area contributed by atoms with Crippen LogP contribution in [0, 0.1) is 11.3 Å². The largest absolute Gasteiger partial charge is 0.0847 e. The average Bonchev–Trinajstić information content (AvgIpc) is 1.93. The lowest BCUT2D eigenvalue weighted by atomic mass is 9.61. The van der Waals surface area contributed by atoms with Crippen molar-refractivity contribution >= 4 is 0 Å². The zero-order valence-corrected chi connectivity index (χ0v) is 6.28. The van der Waals surface area contributed by atoms with E-state index < -0.39 is 0 Å². The maximum atomic E-state index is 2.43. The molecule has 2 rings (SSSR count). The van der Waals surface area contributed by atoms with E-state index >= 15 is 0 Å². The quantitative estimate of drug-likeness (QED) is 0.433. The van der Waals surface area contributed by atoms with Crippen molar-refractivity contribution in [3.8, 4) is 0 Å². The molecule has 0 heterocycles. The topological polar surface area (TPSA) is 0 Å². The van der Waals surface area contributed by atoms with Crippen molar-refractivity contribution in [1.29, 1.82) is 0 Å². The number of hydrogen-bond donors (Lipinski definition) is 0. The molecule has 0 bridgehead atoms. The van der Waals surface area contributed by atoms with Crippen LogP contribution in [-0.2, 0) is 0 Å².